The predicted octanol–water partition coefficient (Wildman–Crippen LogP) is 7.19. The van der Waals surface area contributed by atoms with Crippen molar-refractivity contribution in [1.82, 2.24) is 10.6 Å². The van der Waals surface area contributed by atoms with Gasteiger partial charge in [-0.05, 0) is 166 Å². The summed E-state index contributed by atoms with van der Waals surface area (Å²) in [4.78, 5) is 40.0. The molecule has 0 bridgehead atoms. The molecule has 1 heterocycles. The Bertz CT molecular complexity index is 1560. The smallest absolute Gasteiger partial charge is 0.408 e. The molecule has 6 fully saturated rings. The molecule has 5 aliphatic carbocycles. The summed E-state index contributed by atoms with van der Waals surface area (Å²) >= 11 is 0. The molecule has 5 N–H and O–H groups in total. The molecule has 0 aromatic rings. The summed E-state index contributed by atoms with van der Waals surface area (Å²) in [7, 11) is 0. The number of hydrogen-bond acceptors (Lipinski definition) is 10. The number of ether oxygens (including phenoxy) is 4. The number of rotatable bonds is 9. The van der Waals surface area contributed by atoms with Crippen molar-refractivity contribution in [3.63, 3.8) is 0 Å². The molecule has 12 heteroatoms. The maximum absolute atomic E-state index is 14.5. The van der Waals surface area contributed by atoms with Crippen molar-refractivity contribution in [2.24, 2.45) is 44.8 Å². The quantitative estimate of drug-likeness (QED) is 0.0913. The molecular formula is C45H76N2O10. The summed E-state index contributed by atoms with van der Waals surface area (Å²) in [6.07, 6.45) is 4.55. The summed E-state index contributed by atoms with van der Waals surface area (Å²) in [5, 5.41) is 40.2. The van der Waals surface area contributed by atoms with Gasteiger partial charge in [-0.25, -0.2) is 14.4 Å². The molecule has 0 radical (unpaired) electrons. The first kappa shape index (κ1) is 44.4. The van der Waals surface area contributed by atoms with Gasteiger partial charge >= 0.3 is 18.2 Å². The lowest BCUT2D eigenvalue weighted by Crippen LogP contribution is -2.63. The Morgan fingerprint density at radius 1 is 0.807 bits per heavy atom. The SMILES string of the molecule is CC(C)(C)OC(=O)NCCCC(NC(=O)OC(C)(C)C)C(=O)OC1CC2C3(C)CC(O)C(C4(C)CCC(C(C)(C)O)O4)C3(C)CCC23CC32CCC(O)C(C)(C)C12. The lowest BCUT2D eigenvalue weighted by molar-refractivity contribution is -0.221. The second-order valence-corrected chi connectivity index (χ2v) is 23.1. The minimum absolute atomic E-state index is 0.00934. The van der Waals surface area contributed by atoms with Crippen molar-refractivity contribution in [2.75, 3.05) is 6.54 Å². The molecule has 1 aliphatic heterocycles. The molecule has 57 heavy (non-hydrogen) atoms. The normalized spacial score (nSPS) is 42.7. The zero-order chi connectivity index (χ0) is 42.6. The number of alkyl carbamates (subject to hydrolysis) is 2. The Hall–Kier alpha value is -2.15. The summed E-state index contributed by atoms with van der Waals surface area (Å²) in [6.45, 7) is 25.6. The van der Waals surface area contributed by atoms with Crippen LogP contribution < -0.4 is 10.6 Å². The van der Waals surface area contributed by atoms with E-state index in [1.807, 2.05) is 0 Å². The van der Waals surface area contributed by atoms with E-state index in [-0.39, 0.29) is 58.5 Å². The highest BCUT2D eigenvalue weighted by molar-refractivity contribution is 5.81. The molecule has 2 spiro atoms. The fourth-order valence-corrected chi connectivity index (χ4v) is 14.0. The van der Waals surface area contributed by atoms with Crippen molar-refractivity contribution < 1.29 is 48.7 Å². The average molecular weight is 805 g/mol. The first-order valence-corrected chi connectivity index (χ1v) is 21.9. The average Bonchev–Trinajstić information content (AvgIpc) is 3.40. The molecule has 13 unspecified atom stereocenters. The standard InChI is InChI=1S/C45H76N2O10/c1-37(2,3)56-35(51)46-22-14-15-26(47-36(52)57-38(4,5)6)34(50)54-28-23-29-42(12)24-27(48)32(43(13)18-17-31(55-43)40(9,10)53)41(42,11)20-21-44(29)25-45(44)19-16-30(49)39(7,8)33(28)45/h26-33,48-49,53H,14-25H2,1-13H3,(H,46,51)(H,47,52). The highest BCUT2D eigenvalue weighted by Gasteiger charge is 2.85. The number of fused-ring (bicyclic) bond motifs is 2. The molecule has 6 aliphatic rings. The van der Waals surface area contributed by atoms with E-state index in [0.29, 0.717) is 25.7 Å². The largest absolute Gasteiger partial charge is 0.460 e. The topological polar surface area (TPSA) is 173 Å². The van der Waals surface area contributed by atoms with Crippen molar-refractivity contribution in [3.8, 4) is 0 Å². The van der Waals surface area contributed by atoms with Crippen molar-refractivity contribution in [3.05, 3.63) is 0 Å². The molecule has 13 atom stereocenters. The van der Waals surface area contributed by atoms with Crippen molar-refractivity contribution in [1.29, 1.82) is 0 Å². The van der Waals surface area contributed by atoms with E-state index < -0.39 is 70.3 Å². The molecule has 0 aromatic heterocycles. The van der Waals surface area contributed by atoms with Gasteiger partial charge in [-0.2, -0.15) is 0 Å². The van der Waals surface area contributed by atoms with Gasteiger partial charge in [0.25, 0.3) is 0 Å². The van der Waals surface area contributed by atoms with Crippen LogP contribution in [0.15, 0.2) is 0 Å². The number of carbonyl (C=O) groups excluding carboxylic acids is 3. The van der Waals surface area contributed by atoms with Gasteiger partial charge in [0.05, 0.1) is 29.5 Å². The number of amides is 2. The van der Waals surface area contributed by atoms with Gasteiger partial charge in [0.1, 0.15) is 23.3 Å². The van der Waals surface area contributed by atoms with Crippen LogP contribution in [0.3, 0.4) is 0 Å². The van der Waals surface area contributed by atoms with E-state index in [4.69, 9.17) is 18.9 Å². The molecule has 6 rings (SSSR count). The lowest BCUT2D eigenvalue weighted by atomic mass is 9.41. The Morgan fingerprint density at radius 3 is 2.04 bits per heavy atom. The number of nitrogens with one attached hydrogen (secondary N) is 2. The maximum Gasteiger partial charge on any atom is 0.408 e. The zero-order valence-electron chi connectivity index (χ0n) is 37.3. The fourth-order valence-electron chi connectivity index (χ4n) is 14.0. The predicted molar refractivity (Wildman–Crippen MR) is 215 cm³/mol. The van der Waals surface area contributed by atoms with Gasteiger partial charge in [-0.15, -0.1) is 0 Å². The van der Waals surface area contributed by atoms with Gasteiger partial charge in [-0.3, -0.25) is 0 Å². The number of hydrogen-bond donors (Lipinski definition) is 5. The van der Waals surface area contributed by atoms with Crippen LogP contribution >= 0.6 is 0 Å². The van der Waals surface area contributed by atoms with E-state index in [1.54, 1.807) is 55.4 Å². The highest BCUT2D eigenvalue weighted by Crippen LogP contribution is 2.89. The van der Waals surface area contributed by atoms with E-state index >= 15 is 0 Å². The van der Waals surface area contributed by atoms with E-state index in [0.717, 1.165) is 38.5 Å². The first-order valence-electron chi connectivity index (χ1n) is 21.9. The lowest BCUT2D eigenvalue weighted by Gasteiger charge is -2.64. The minimum atomic E-state index is -1.04. The summed E-state index contributed by atoms with van der Waals surface area (Å²) in [5.74, 6) is -0.633. The number of aliphatic hydroxyl groups is 3. The molecular weight excluding hydrogens is 728 g/mol. The molecule has 0 aromatic carbocycles. The van der Waals surface area contributed by atoms with Crippen LogP contribution in [0.2, 0.25) is 0 Å². The maximum atomic E-state index is 14.5. The first-order chi connectivity index (χ1) is 25.9. The third-order valence-corrected chi connectivity index (χ3v) is 16.3. The third kappa shape index (κ3) is 7.62. The Morgan fingerprint density at radius 2 is 1.44 bits per heavy atom. The van der Waals surface area contributed by atoms with E-state index in [2.05, 4.69) is 45.3 Å². The van der Waals surface area contributed by atoms with Crippen LogP contribution in [0.25, 0.3) is 0 Å². The van der Waals surface area contributed by atoms with Gasteiger partial charge in [0.2, 0.25) is 0 Å². The van der Waals surface area contributed by atoms with Crippen LogP contribution in [0.5, 0.6) is 0 Å². The van der Waals surface area contributed by atoms with Crippen LogP contribution in [-0.4, -0.2) is 92.9 Å². The number of carbonyl (C=O) groups is 3. The van der Waals surface area contributed by atoms with Crippen LogP contribution in [-0.2, 0) is 23.7 Å². The summed E-state index contributed by atoms with van der Waals surface area (Å²) in [5.41, 5.74) is -4.23. The second-order valence-electron chi connectivity index (χ2n) is 23.1. The molecule has 12 nitrogen and oxygen atoms in total. The zero-order valence-corrected chi connectivity index (χ0v) is 37.3. The molecule has 2 amide bonds. The van der Waals surface area contributed by atoms with Gasteiger partial charge < -0.3 is 44.9 Å². The number of aliphatic hydroxyl groups excluding tert-OH is 2. The van der Waals surface area contributed by atoms with Gasteiger partial charge in [-0.1, -0.05) is 27.7 Å². The van der Waals surface area contributed by atoms with Crippen LogP contribution in [0.1, 0.15) is 161 Å². The Labute approximate surface area is 341 Å². The Kier molecular flexibility index (Phi) is 11.1. The second kappa shape index (κ2) is 14.2. The molecule has 5 saturated carbocycles. The highest BCUT2D eigenvalue weighted by atomic mass is 16.6. The fraction of sp³-hybridized carbons (Fsp3) is 0.933. The molecule has 326 valence electrons. The summed E-state index contributed by atoms with van der Waals surface area (Å²) in [6, 6.07) is -1.04. The molecule has 1 saturated heterocycles. The summed E-state index contributed by atoms with van der Waals surface area (Å²) < 4.78 is 24.4. The van der Waals surface area contributed by atoms with Crippen molar-refractivity contribution in [2.45, 2.75) is 213 Å². The van der Waals surface area contributed by atoms with Gasteiger partial charge in [0, 0.05) is 18.4 Å². The van der Waals surface area contributed by atoms with Gasteiger partial charge in [0.15, 0.2) is 0 Å². The monoisotopic (exact) mass is 805 g/mol. The van der Waals surface area contributed by atoms with E-state index in [9.17, 15) is 29.7 Å². The Balaban J connectivity index is 1.29. The minimum Gasteiger partial charge on any atom is -0.460 e. The van der Waals surface area contributed by atoms with Crippen molar-refractivity contribution >= 4 is 18.2 Å². The van der Waals surface area contributed by atoms with Crippen LogP contribution in [0, 0.1) is 44.8 Å². The van der Waals surface area contributed by atoms with E-state index in [1.165, 1.54) is 0 Å². The third-order valence-electron chi connectivity index (χ3n) is 16.3. The number of esters is 1. The van der Waals surface area contributed by atoms with Crippen LogP contribution in [0.4, 0.5) is 9.59 Å².